The van der Waals surface area contributed by atoms with E-state index in [4.69, 9.17) is 0 Å². The minimum Gasteiger partial charge on any atom is -0.310 e. The fraction of sp³-hybridized carbons (Fsp3) is 0.350. The molecule has 0 atom stereocenters. The number of fused-ring (bicyclic) bond motifs is 2. The summed E-state index contributed by atoms with van der Waals surface area (Å²) in [5, 5.41) is 1.18. The fourth-order valence-corrected chi connectivity index (χ4v) is 3.44. The van der Waals surface area contributed by atoms with Gasteiger partial charge in [0.1, 0.15) is 5.82 Å². The summed E-state index contributed by atoms with van der Waals surface area (Å²) in [7, 11) is 0. The number of hydrogen-bond acceptors (Lipinski definition) is 4. The Morgan fingerprint density at radius 3 is 2.92 bits per heavy atom. The Labute approximate surface area is 146 Å². The Hall–Kier alpha value is -2.53. The predicted molar refractivity (Wildman–Crippen MR) is 98.5 cm³/mol. The third-order valence-corrected chi connectivity index (χ3v) is 4.85. The molecule has 5 heteroatoms. The molecule has 0 radical (unpaired) electrons. The molecular weight excluding hydrogens is 312 g/mol. The average molecular weight is 334 g/mol. The monoisotopic (exact) mass is 334 g/mol. The number of nitrogens with one attached hydrogen (secondary N) is 1. The molecule has 3 aromatic rings. The number of hydrogen-bond donors (Lipinski definition) is 1. The van der Waals surface area contributed by atoms with Gasteiger partial charge in [-0.25, -0.2) is 4.98 Å². The third kappa shape index (κ3) is 3.07. The topological polar surface area (TPSA) is 61.9 Å². The van der Waals surface area contributed by atoms with Crippen LogP contribution in [-0.4, -0.2) is 26.4 Å². The quantitative estimate of drug-likeness (QED) is 0.800. The van der Waals surface area contributed by atoms with Crippen LogP contribution in [0.5, 0.6) is 0 Å². The number of nitrogens with zero attached hydrogens (tertiary/aromatic N) is 3. The molecule has 1 aromatic carbocycles. The van der Waals surface area contributed by atoms with E-state index in [1.807, 2.05) is 38.2 Å². The van der Waals surface area contributed by atoms with Gasteiger partial charge in [0, 0.05) is 43.6 Å². The molecule has 1 aliphatic rings. The number of pyridine rings is 1. The Balaban J connectivity index is 1.62. The summed E-state index contributed by atoms with van der Waals surface area (Å²) in [6.07, 6.45) is 2.68. The van der Waals surface area contributed by atoms with E-state index < -0.39 is 0 Å². The van der Waals surface area contributed by atoms with E-state index in [0.29, 0.717) is 6.54 Å². The molecule has 25 heavy (non-hydrogen) atoms. The fourth-order valence-electron chi connectivity index (χ4n) is 3.44. The van der Waals surface area contributed by atoms with Gasteiger partial charge in [0.2, 0.25) is 0 Å². The van der Waals surface area contributed by atoms with E-state index in [1.165, 1.54) is 10.9 Å². The van der Waals surface area contributed by atoms with E-state index in [9.17, 15) is 4.79 Å². The van der Waals surface area contributed by atoms with Crippen LogP contribution < -0.4 is 5.56 Å². The van der Waals surface area contributed by atoms with Crippen molar-refractivity contribution in [2.75, 3.05) is 6.54 Å². The lowest BCUT2D eigenvalue weighted by atomic mass is 10.0. The maximum Gasteiger partial charge on any atom is 0.255 e. The number of rotatable bonds is 3. The van der Waals surface area contributed by atoms with Crippen LogP contribution in [0.2, 0.25) is 0 Å². The van der Waals surface area contributed by atoms with Crippen molar-refractivity contribution in [1.82, 2.24) is 19.9 Å². The van der Waals surface area contributed by atoms with Gasteiger partial charge in [-0.05, 0) is 17.7 Å². The Kier molecular flexibility index (Phi) is 4.09. The highest BCUT2D eigenvalue weighted by atomic mass is 16.1. The van der Waals surface area contributed by atoms with Gasteiger partial charge < -0.3 is 4.98 Å². The second-order valence-electron chi connectivity index (χ2n) is 6.98. The molecule has 0 saturated carbocycles. The molecule has 5 nitrogen and oxygen atoms in total. The Bertz CT molecular complexity index is 972. The van der Waals surface area contributed by atoms with Crippen molar-refractivity contribution in [3.05, 3.63) is 69.5 Å². The van der Waals surface area contributed by atoms with Crippen molar-refractivity contribution >= 4 is 10.9 Å². The van der Waals surface area contributed by atoms with Gasteiger partial charge in [0.05, 0.1) is 16.8 Å². The number of para-hydroxylation sites is 1. The van der Waals surface area contributed by atoms with Crippen LogP contribution in [0.25, 0.3) is 10.9 Å². The molecule has 2 aromatic heterocycles. The van der Waals surface area contributed by atoms with E-state index in [0.717, 1.165) is 42.1 Å². The van der Waals surface area contributed by atoms with Gasteiger partial charge in [0.25, 0.3) is 5.56 Å². The van der Waals surface area contributed by atoms with Gasteiger partial charge in [-0.2, -0.15) is 0 Å². The number of aromatic amines is 1. The SMILES string of the molecule is CC(C)c1nc2c(c(=O)[nH]1)CN(Cc1ccnc3ccccc13)CC2. The molecule has 0 amide bonds. The van der Waals surface area contributed by atoms with Gasteiger partial charge >= 0.3 is 0 Å². The third-order valence-electron chi connectivity index (χ3n) is 4.85. The predicted octanol–water partition coefficient (Wildman–Crippen LogP) is 3.00. The van der Waals surface area contributed by atoms with Crippen LogP contribution in [0.15, 0.2) is 41.3 Å². The van der Waals surface area contributed by atoms with E-state index >= 15 is 0 Å². The lowest BCUT2D eigenvalue weighted by molar-refractivity contribution is 0.242. The first kappa shape index (κ1) is 16.0. The van der Waals surface area contributed by atoms with E-state index in [-0.39, 0.29) is 11.5 Å². The van der Waals surface area contributed by atoms with Crippen LogP contribution in [0.4, 0.5) is 0 Å². The highest BCUT2D eigenvalue weighted by Crippen LogP contribution is 2.22. The minimum absolute atomic E-state index is 0.0120. The Morgan fingerprint density at radius 2 is 2.08 bits per heavy atom. The summed E-state index contributed by atoms with van der Waals surface area (Å²) < 4.78 is 0. The molecular formula is C20H22N4O. The average Bonchev–Trinajstić information content (AvgIpc) is 2.62. The van der Waals surface area contributed by atoms with Gasteiger partial charge in [-0.3, -0.25) is 14.7 Å². The second kappa shape index (κ2) is 6.41. The van der Waals surface area contributed by atoms with Crippen molar-refractivity contribution in [2.45, 2.75) is 39.3 Å². The zero-order valence-electron chi connectivity index (χ0n) is 14.6. The van der Waals surface area contributed by atoms with Crippen molar-refractivity contribution in [3.63, 3.8) is 0 Å². The zero-order valence-corrected chi connectivity index (χ0v) is 14.6. The molecule has 1 aliphatic heterocycles. The van der Waals surface area contributed by atoms with Crippen LogP contribution in [-0.2, 0) is 19.5 Å². The summed E-state index contributed by atoms with van der Waals surface area (Å²) in [5.74, 6) is 1.02. The van der Waals surface area contributed by atoms with Crippen molar-refractivity contribution in [3.8, 4) is 0 Å². The maximum absolute atomic E-state index is 12.5. The lowest BCUT2D eigenvalue weighted by Gasteiger charge is -2.28. The first-order valence-electron chi connectivity index (χ1n) is 8.79. The first-order chi connectivity index (χ1) is 12.1. The summed E-state index contributed by atoms with van der Waals surface area (Å²) >= 11 is 0. The van der Waals surface area contributed by atoms with E-state index in [2.05, 4.69) is 32.0 Å². The number of aromatic nitrogens is 3. The molecule has 3 heterocycles. The lowest BCUT2D eigenvalue weighted by Crippen LogP contribution is -2.36. The molecule has 0 spiro atoms. The zero-order chi connectivity index (χ0) is 17.4. The summed E-state index contributed by atoms with van der Waals surface area (Å²) in [4.78, 5) is 26.8. The van der Waals surface area contributed by atoms with Crippen LogP contribution in [0.3, 0.4) is 0 Å². The van der Waals surface area contributed by atoms with Crippen molar-refractivity contribution < 1.29 is 0 Å². The molecule has 0 saturated heterocycles. The van der Waals surface area contributed by atoms with Crippen LogP contribution in [0, 0.1) is 0 Å². The maximum atomic E-state index is 12.5. The standard InChI is InChI=1S/C20H22N4O/c1-13(2)19-22-18-8-10-24(12-16(18)20(25)23-19)11-14-7-9-21-17-6-4-3-5-15(14)17/h3-7,9,13H,8,10-12H2,1-2H3,(H,22,23,25). The summed E-state index contributed by atoms with van der Waals surface area (Å²) in [6, 6.07) is 10.3. The molecule has 0 unspecified atom stereocenters. The van der Waals surface area contributed by atoms with Crippen molar-refractivity contribution in [1.29, 1.82) is 0 Å². The molecule has 128 valence electrons. The highest BCUT2D eigenvalue weighted by Gasteiger charge is 2.22. The highest BCUT2D eigenvalue weighted by molar-refractivity contribution is 5.81. The van der Waals surface area contributed by atoms with Gasteiger partial charge in [-0.15, -0.1) is 0 Å². The number of H-pyrrole nitrogens is 1. The minimum atomic E-state index is 0.0120. The molecule has 0 fully saturated rings. The van der Waals surface area contributed by atoms with E-state index in [1.54, 1.807) is 0 Å². The molecule has 0 bridgehead atoms. The second-order valence-corrected chi connectivity index (χ2v) is 6.98. The van der Waals surface area contributed by atoms with Crippen LogP contribution in [0.1, 0.15) is 42.4 Å². The summed E-state index contributed by atoms with van der Waals surface area (Å²) in [5.41, 5.74) is 4.05. The molecule has 0 aliphatic carbocycles. The van der Waals surface area contributed by atoms with Gasteiger partial charge in [-0.1, -0.05) is 32.0 Å². The Morgan fingerprint density at radius 1 is 1.24 bits per heavy atom. The first-order valence-corrected chi connectivity index (χ1v) is 8.79. The largest absolute Gasteiger partial charge is 0.310 e. The smallest absolute Gasteiger partial charge is 0.255 e. The van der Waals surface area contributed by atoms with Crippen molar-refractivity contribution in [2.24, 2.45) is 0 Å². The summed E-state index contributed by atoms with van der Waals surface area (Å²) in [6.45, 7) is 6.47. The number of benzene rings is 1. The molecule has 1 N–H and O–H groups in total. The van der Waals surface area contributed by atoms with Gasteiger partial charge in [0.15, 0.2) is 0 Å². The normalized spacial score (nSPS) is 14.8. The van der Waals surface area contributed by atoms with Crippen LogP contribution >= 0.6 is 0 Å². The molecule has 4 rings (SSSR count).